The molecule has 3 unspecified atom stereocenters. The van der Waals surface area contributed by atoms with Crippen LogP contribution >= 0.6 is 12.4 Å². The van der Waals surface area contributed by atoms with E-state index in [0.29, 0.717) is 18.5 Å². The molecule has 4 N–H and O–H groups in total. The van der Waals surface area contributed by atoms with Crippen molar-refractivity contribution in [2.45, 2.75) is 31.8 Å². The van der Waals surface area contributed by atoms with Crippen LogP contribution in [-0.4, -0.2) is 50.7 Å². The van der Waals surface area contributed by atoms with Crippen LogP contribution in [0, 0.1) is 5.92 Å². The van der Waals surface area contributed by atoms with Crippen molar-refractivity contribution in [2.75, 3.05) is 37.6 Å². The molecule has 0 aromatic heterocycles. The molecule has 140 valence electrons. The van der Waals surface area contributed by atoms with Gasteiger partial charge < -0.3 is 15.5 Å². The number of benzene rings is 1. The number of amides is 1. The van der Waals surface area contributed by atoms with E-state index in [1.54, 1.807) is 0 Å². The second kappa shape index (κ2) is 9.97. The Hall–Kier alpha value is -1.34. The number of piperidine rings is 1. The first-order chi connectivity index (χ1) is 11.8. The zero-order valence-corrected chi connectivity index (χ0v) is 15.6. The molecular weight excluding hydrogens is 338 g/mol. The average Bonchev–Trinajstić information content (AvgIpc) is 3.06. The first-order valence-corrected chi connectivity index (χ1v) is 9.09. The Balaban J connectivity index is 0.00000225. The van der Waals surface area contributed by atoms with Gasteiger partial charge in [0.1, 0.15) is 6.04 Å². The highest BCUT2D eigenvalue weighted by molar-refractivity contribution is 5.85. The minimum atomic E-state index is -0.126. The molecular formula is C18H30ClN5O. The molecule has 2 aliphatic rings. The summed E-state index contributed by atoms with van der Waals surface area (Å²) in [5.41, 5.74) is 7.68. The highest BCUT2D eigenvalue weighted by atomic mass is 35.5. The highest BCUT2D eigenvalue weighted by Crippen LogP contribution is 2.20. The Bertz CT molecular complexity index is 529. The number of anilines is 1. The van der Waals surface area contributed by atoms with Gasteiger partial charge in [-0.2, -0.15) is 0 Å². The minimum absolute atomic E-state index is 0. The number of nitrogens with zero attached hydrogens (tertiary/aromatic N) is 1. The predicted octanol–water partition coefficient (Wildman–Crippen LogP) is 0.896. The van der Waals surface area contributed by atoms with Gasteiger partial charge in [-0.3, -0.25) is 10.2 Å². The summed E-state index contributed by atoms with van der Waals surface area (Å²) < 4.78 is 0. The summed E-state index contributed by atoms with van der Waals surface area (Å²) in [6.45, 7) is 6.73. The first-order valence-electron chi connectivity index (χ1n) is 9.09. The molecule has 6 nitrogen and oxygen atoms in total. The Labute approximate surface area is 156 Å². The highest BCUT2D eigenvalue weighted by Gasteiger charge is 2.40. The van der Waals surface area contributed by atoms with Crippen LogP contribution in [0.25, 0.3) is 0 Å². The largest absolute Gasteiger partial charge is 0.372 e. The first kappa shape index (κ1) is 20.0. The molecule has 3 rings (SSSR count). The van der Waals surface area contributed by atoms with Crippen LogP contribution in [-0.2, 0) is 4.79 Å². The van der Waals surface area contributed by atoms with Crippen molar-refractivity contribution < 1.29 is 4.79 Å². The Morgan fingerprint density at radius 1 is 1.28 bits per heavy atom. The molecule has 2 fully saturated rings. The van der Waals surface area contributed by atoms with Crippen molar-refractivity contribution in [2.24, 2.45) is 5.92 Å². The molecule has 7 heteroatoms. The summed E-state index contributed by atoms with van der Waals surface area (Å²) in [5.74, 6) is 0.455. The van der Waals surface area contributed by atoms with Crippen molar-refractivity contribution >= 4 is 24.0 Å². The summed E-state index contributed by atoms with van der Waals surface area (Å²) >= 11 is 0. The fraction of sp³-hybridized carbons (Fsp3) is 0.611. The molecule has 3 atom stereocenters. The molecule has 25 heavy (non-hydrogen) atoms. The van der Waals surface area contributed by atoms with Crippen molar-refractivity contribution in [3.63, 3.8) is 0 Å². The average molecular weight is 368 g/mol. The van der Waals surface area contributed by atoms with Gasteiger partial charge in [-0.1, -0.05) is 18.2 Å². The van der Waals surface area contributed by atoms with Crippen molar-refractivity contribution in [3.05, 3.63) is 30.3 Å². The summed E-state index contributed by atoms with van der Waals surface area (Å²) in [5, 5.41) is 6.48. The second-order valence-electron chi connectivity index (χ2n) is 6.59. The molecule has 0 saturated carbocycles. The quantitative estimate of drug-likeness (QED) is 0.539. The maximum atomic E-state index is 12.4. The summed E-state index contributed by atoms with van der Waals surface area (Å²) in [6.07, 6.45) is 2.02. The number of nitrogens with one attached hydrogen (secondary N) is 4. The fourth-order valence-electron chi connectivity index (χ4n) is 3.68. The maximum absolute atomic E-state index is 12.4. The van der Waals surface area contributed by atoms with Crippen LogP contribution in [0.15, 0.2) is 30.3 Å². The third-order valence-electron chi connectivity index (χ3n) is 5.07. The molecule has 2 saturated heterocycles. The third kappa shape index (κ3) is 5.07. The van der Waals surface area contributed by atoms with Crippen LogP contribution < -0.4 is 26.4 Å². The lowest BCUT2D eigenvalue weighted by atomic mass is 9.89. The van der Waals surface area contributed by atoms with Crippen LogP contribution in [0.5, 0.6) is 0 Å². The lowest BCUT2D eigenvalue weighted by molar-refractivity contribution is -0.123. The fourth-order valence-corrected chi connectivity index (χ4v) is 3.68. The van der Waals surface area contributed by atoms with Gasteiger partial charge >= 0.3 is 0 Å². The smallest absolute Gasteiger partial charge is 0.238 e. The van der Waals surface area contributed by atoms with Crippen LogP contribution in [0.2, 0.25) is 0 Å². The second-order valence-corrected chi connectivity index (χ2v) is 6.59. The van der Waals surface area contributed by atoms with Gasteiger partial charge in [-0.15, -0.1) is 12.4 Å². The number of carbonyl (C=O) groups is 1. The molecule has 1 aromatic carbocycles. The molecule has 1 amide bonds. The lowest BCUT2D eigenvalue weighted by Crippen LogP contribution is -2.49. The minimum Gasteiger partial charge on any atom is -0.372 e. The molecule has 2 aliphatic heterocycles. The van der Waals surface area contributed by atoms with Gasteiger partial charge in [0.05, 0.1) is 0 Å². The zero-order valence-electron chi connectivity index (χ0n) is 14.8. The van der Waals surface area contributed by atoms with Crippen molar-refractivity contribution in [1.29, 1.82) is 0 Å². The lowest BCUT2D eigenvalue weighted by Gasteiger charge is -2.27. The monoisotopic (exact) mass is 367 g/mol. The number of hydrazine groups is 1. The van der Waals surface area contributed by atoms with Gasteiger partial charge in [0, 0.05) is 43.8 Å². The number of rotatable bonds is 7. The Morgan fingerprint density at radius 3 is 2.84 bits per heavy atom. The van der Waals surface area contributed by atoms with E-state index in [9.17, 15) is 4.79 Å². The van der Waals surface area contributed by atoms with E-state index in [2.05, 4.69) is 57.6 Å². The van der Waals surface area contributed by atoms with Crippen molar-refractivity contribution in [1.82, 2.24) is 21.5 Å². The van der Waals surface area contributed by atoms with Gasteiger partial charge in [-0.05, 0) is 38.4 Å². The summed E-state index contributed by atoms with van der Waals surface area (Å²) in [7, 11) is 0. The maximum Gasteiger partial charge on any atom is 0.238 e. The van der Waals surface area contributed by atoms with E-state index in [-0.39, 0.29) is 24.4 Å². The van der Waals surface area contributed by atoms with E-state index in [1.807, 2.05) is 6.07 Å². The number of hydrogen-bond acceptors (Lipinski definition) is 5. The van der Waals surface area contributed by atoms with Gasteiger partial charge in [0.2, 0.25) is 5.91 Å². The van der Waals surface area contributed by atoms with E-state index >= 15 is 0 Å². The number of fused-ring (bicyclic) bond motifs is 1. The summed E-state index contributed by atoms with van der Waals surface area (Å²) in [6, 6.07) is 10.7. The SMILES string of the molecule is CCN(CCCNC(=O)C1NNC2CCNCC21)c1ccccc1.Cl. The zero-order chi connectivity index (χ0) is 16.8. The predicted molar refractivity (Wildman–Crippen MR) is 104 cm³/mol. The molecule has 0 bridgehead atoms. The van der Waals surface area contributed by atoms with E-state index in [1.165, 1.54) is 5.69 Å². The standard InChI is InChI=1S/C18H29N5O.ClH/c1-2-23(14-7-4-3-5-8-14)12-6-10-20-18(24)17-15-13-19-11-9-16(15)21-22-17;/h3-5,7-8,15-17,19,21-22H,2,6,9-13H2,1H3,(H,20,24);1H. The number of hydrogen-bond donors (Lipinski definition) is 4. The molecule has 0 spiro atoms. The number of para-hydroxylation sites is 1. The third-order valence-corrected chi connectivity index (χ3v) is 5.07. The van der Waals surface area contributed by atoms with Gasteiger partial charge in [0.25, 0.3) is 0 Å². The van der Waals surface area contributed by atoms with Crippen LogP contribution in [0.3, 0.4) is 0 Å². The van der Waals surface area contributed by atoms with Crippen LogP contribution in [0.4, 0.5) is 5.69 Å². The Kier molecular flexibility index (Phi) is 7.96. The topological polar surface area (TPSA) is 68.4 Å². The number of halogens is 1. The van der Waals surface area contributed by atoms with E-state index in [4.69, 9.17) is 0 Å². The van der Waals surface area contributed by atoms with Crippen molar-refractivity contribution in [3.8, 4) is 0 Å². The normalized spacial score (nSPS) is 24.9. The van der Waals surface area contributed by atoms with Gasteiger partial charge in [0.15, 0.2) is 0 Å². The summed E-state index contributed by atoms with van der Waals surface area (Å²) in [4.78, 5) is 14.8. The molecule has 1 aromatic rings. The van der Waals surface area contributed by atoms with E-state index < -0.39 is 0 Å². The van der Waals surface area contributed by atoms with E-state index in [0.717, 1.165) is 39.0 Å². The molecule has 0 aliphatic carbocycles. The van der Waals surface area contributed by atoms with Crippen LogP contribution in [0.1, 0.15) is 19.8 Å². The Morgan fingerprint density at radius 2 is 2.08 bits per heavy atom. The number of carbonyl (C=O) groups excluding carboxylic acids is 1. The molecule has 0 radical (unpaired) electrons. The van der Waals surface area contributed by atoms with Gasteiger partial charge in [-0.25, -0.2) is 5.43 Å². The molecule has 2 heterocycles.